The molecule has 1 aromatic rings. The second-order valence-corrected chi connectivity index (χ2v) is 11.1. The first-order chi connectivity index (χ1) is 15.2. The van der Waals surface area contributed by atoms with Crippen molar-refractivity contribution in [2.75, 3.05) is 50.7 Å². The van der Waals surface area contributed by atoms with E-state index in [1.54, 1.807) is 0 Å². The molecular weight excluding hydrogens is 428 g/mol. The number of hydrogen-bond acceptors (Lipinski definition) is 6. The molecule has 5 rings (SSSR count). The molecule has 4 aliphatic rings. The van der Waals surface area contributed by atoms with Crippen molar-refractivity contribution < 1.29 is 27.0 Å². The minimum atomic E-state index is -3.92. The third kappa shape index (κ3) is 7.14. The molecule has 1 aromatic heterocycles. The Kier molecular flexibility index (Phi) is 8.95. The molecule has 0 aromatic carbocycles. The molecule has 0 saturated heterocycles. The molecular formula is C24H40N2O5S. The summed E-state index contributed by atoms with van der Waals surface area (Å²) in [4.78, 5) is 2.40. The summed E-state index contributed by atoms with van der Waals surface area (Å²) in [5.41, 5.74) is 1.70. The van der Waals surface area contributed by atoms with Crippen molar-refractivity contribution in [3.63, 3.8) is 0 Å². The average molecular weight is 469 g/mol. The summed E-state index contributed by atoms with van der Waals surface area (Å²) in [6.45, 7) is 9.05. The molecule has 32 heavy (non-hydrogen) atoms. The highest BCUT2D eigenvalue weighted by Gasteiger charge is 2.56. The highest BCUT2D eigenvalue weighted by atomic mass is 32.2. The van der Waals surface area contributed by atoms with Gasteiger partial charge in [-0.15, -0.1) is 0 Å². The lowest BCUT2D eigenvalue weighted by Gasteiger charge is -2.53. The molecule has 0 radical (unpaired) electrons. The third-order valence-corrected chi connectivity index (χ3v) is 7.15. The van der Waals surface area contributed by atoms with E-state index < -0.39 is 10.1 Å². The molecule has 182 valence electrons. The van der Waals surface area contributed by atoms with Crippen LogP contribution in [-0.2, 0) is 25.1 Å². The number of pyridine rings is 1. The lowest BCUT2D eigenvalue weighted by atomic mass is 9.53. The maximum Gasteiger partial charge on any atom is 0.171 e. The standard InChI is InChI=1S/C23H37N2O2.CH4O3S/c1-3-26-11-9-24(10-12-27-4-2)22-5-7-25(8-6-22)23-16-19-13-20(17-23)15-21(14-19)18-23;1-5(2,3)4/h5-8,19-21H,3-4,9-18H2,1-2H3;1H3,(H,2,3,4)/q+1;/p-1. The zero-order valence-electron chi connectivity index (χ0n) is 19.9. The van der Waals surface area contributed by atoms with E-state index in [2.05, 4.69) is 47.8 Å². The van der Waals surface area contributed by atoms with Gasteiger partial charge in [-0.25, -0.2) is 8.42 Å². The Morgan fingerprint density at radius 2 is 1.38 bits per heavy atom. The summed E-state index contributed by atoms with van der Waals surface area (Å²) in [5, 5.41) is 0. The SMILES string of the molecule is CCOCCN(CCOCC)c1cc[n+](C23CC4CC(CC(C4)C2)C3)cc1.CS(=O)(=O)[O-]. The highest BCUT2D eigenvalue weighted by Crippen LogP contribution is 2.56. The van der Waals surface area contributed by atoms with Crippen LogP contribution in [-0.4, -0.2) is 58.7 Å². The van der Waals surface area contributed by atoms with Crippen LogP contribution in [0.25, 0.3) is 0 Å². The first-order valence-electron chi connectivity index (χ1n) is 12.1. The summed E-state index contributed by atoms with van der Waals surface area (Å²) in [6.07, 6.45) is 14.0. The number of hydrogen-bond donors (Lipinski definition) is 0. The van der Waals surface area contributed by atoms with Crippen LogP contribution in [0.1, 0.15) is 52.4 Å². The largest absolute Gasteiger partial charge is 0.748 e. The number of rotatable bonds is 10. The van der Waals surface area contributed by atoms with Crippen LogP contribution in [0.4, 0.5) is 5.69 Å². The lowest BCUT2D eigenvalue weighted by Crippen LogP contribution is -2.64. The van der Waals surface area contributed by atoms with E-state index in [9.17, 15) is 0 Å². The average Bonchev–Trinajstić information content (AvgIpc) is 2.71. The molecule has 0 spiro atoms. The molecule has 8 heteroatoms. The summed E-state index contributed by atoms with van der Waals surface area (Å²) < 4.78 is 41.0. The Hall–Kier alpha value is -1.22. The Balaban J connectivity index is 0.000000523. The van der Waals surface area contributed by atoms with Gasteiger partial charge in [-0.2, -0.15) is 4.57 Å². The van der Waals surface area contributed by atoms with Gasteiger partial charge >= 0.3 is 0 Å². The second kappa shape index (κ2) is 11.3. The molecule has 4 aliphatic carbocycles. The quantitative estimate of drug-likeness (QED) is 0.298. The van der Waals surface area contributed by atoms with E-state index >= 15 is 0 Å². The number of aromatic nitrogens is 1. The zero-order valence-corrected chi connectivity index (χ0v) is 20.7. The molecule has 4 saturated carbocycles. The normalized spacial score (nSPS) is 28.3. The molecule has 4 bridgehead atoms. The van der Waals surface area contributed by atoms with Crippen LogP contribution < -0.4 is 9.47 Å². The van der Waals surface area contributed by atoms with Crippen molar-refractivity contribution in [2.45, 2.75) is 57.9 Å². The van der Waals surface area contributed by atoms with E-state index in [1.165, 1.54) is 44.2 Å². The van der Waals surface area contributed by atoms with E-state index in [-0.39, 0.29) is 0 Å². The van der Waals surface area contributed by atoms with Crippen LogP contribution in [0.3, 0.4) is 0 Å². The van der Waals surface area contributed by atoms with E-state index in [0.29, 0.717) is 11.8 Å². The highest BCUT2D eigenvalue weighted by molar-refractivity contribution is 7.84. The van der Waals surface area contributed by atoms with Crippen molar-refractivity contribution in [3.05, 3.63) is 24.5 Å². The summed E-state index contributed by atoms with van der Waals surface area (Å²) in [7, 11) is -3.92. The van der Waals surface area contributed by atoms with Crippen LogP contribution in [0, 0.1) is 17.8 Å². The molecule has 0 atom stereocenters. The van der Waals surface area contributed by atoms with Crippen LogP contribution in [0.5, 0.6) is 0 Å². The van der Waals surface area contributed by atoms with Gasteiger partial charge in [-0.3, -0.25) is 0 Å². The Labute approximate surface area is 193 Å². The molecule has 7 nitrogen and oxygen atoms in total. The zero-order chi connectivity index (χ0) is 23.2. The fraction of sp³-hybridized carbons (Fsp3) is 0.792. The Morgan fingerprint density at radius 1 is 0.969 bits per heavy atom. The monoisotopic (exact) mass is 468 g/mol. The minimum absolute atomic E-state index is 0.411. The minimum Gasteiger partial charge on any atom is -0.748 e. The summed E-state index contributed by atoms with van der Waals surface area (Å²) in [6, 6.07) is 4.63. The predicted octanol–water partition coefficient (Wildman–Crippen LogP) is 2.94. The second-order valence-electron chi connectivity index (χ2n) is 9.69. The van der Waals surface area contributed by atoms with Crippen molar-refractivity contribution in [2.24, 2.45) is 17.8 Å². The molecule has 0 unspecified atom stereocenters. The fourth-order valence-corrected chi connectivity index (χ4v) is 6.33. The van der Waals surface area contributed by atoms with E-state index in [1.807, 2.05) is 0 Å². The first-order valence-corrected chi connectivity index (χ1v) is 13.9. The maximum atomic E-state index is 9.08. The number of anilines is 1. The maximum absolute atomic E-state index is 9.08. The van der Waals surface area contributed by atoms with Crippen molar-refractivity contribution >= 4 is 15.8 Å². The van der Waals surface area contributed by atoms with Gasteiger partial charge in [0, 0.05) is 69.6 Å². The van der Waals surface area contributed by atoms with E-state index in [0.717, 1.165) is 57.3 Å². The lowest BCUT2D eigenvalue weighted by molar-refractivity contribution is -0.776. The van der Waals surface area contributed by atoms with Gasteiger partial charge in [0.1, 0.15) is 0 Å². The van der Waals surface area contributed by atoms with Gasteiger partial charge in [-0.05, 0) is 50.9 Å². The molecule has 0 aliphatic heterocycles. The third-order valence-electron chi connectivity index (χ3n) is 7.15. The molecule has 0 N–H and O–H groups in total. The summed E-state index contributed by atoms with van der Waals surface area (Å²) in [5.74, 6) is 2.95. The molecule has 0 amide bonds. The fourth-order valence-electron chi connectivity index (χ4n) is 6.33. The van der Waals surface area contributed by atoms with E-state index in [4.69, 9.17) is 22.4 Å². The molecule has 4 fully saturated rings. The van der Waals surface area contributed by atoms with Crippen LogP contribution in [0.15, 0.2) is 24.5 Å². The van der Waals surface area contributed by atoms with Gasteiger partial charge in [0.15, 0.2) is 17.9 Å². The van der Waals surface area contributed by atoms with Gasteiger partial charge in [0.2, 0.25) is 0 Å². The number of ether oxygens (including phenoxy) is 2. The van der Waals surface area contributed by atoms with Gasteiger partial charge in [0.25, 0.3) is 0 Å². The first kappa shape index (κ1) is 25.4. The van der Waals surface area contributed by atoms with Crippen molar-refractivity contribution in [1.82, 2.24) is 0 Å². The summed E-state index contributed by atoms with van der Waals surface area (Å²) >= 11 is 0. The smallest absolute Gasteiger partial charge is 0.171 e. The molecule has 1 heterocycles. The van der Waals surface area contributed by atoms with Gasteiger partial charge in [0.05, 0.1) is 23.3 Å². The Bertz CT molecular complexity index is 759. The van der Waals surface area contributed by atoms with Crippen molar-refractivity contribution in [1.29, 1.82) is 0 Å². The van der Waals surface area contributed by atoms with Crippen LogP contribution in [0.2, 0.25) is 0 Å². The van der Waals surface area contributed by atoms with Gasteiger partial charge in [-0.1, -0.05) is 0 Å². The topological polar surface area (TPSA) is 82.8 Å². The van der Waals surface area contributed by atoms with Gasteiger partial charge < -0.3 is 18.9 Å². The van der Waals surface area contributed by atoms with Crippen LogP contribution >= 0.6 is 0 Å². The van der Waals surface area contributed by atoms with Crippen molar-refractivity contribution in [3.8, 4) is 0 Å². The predicted molar refractivity (Wildman–Crippen MR) is 124 cm³/mol. The number of nitrogens with zero attached hydrogens (tertiary/aromatic N) is 2. The Morgan fingerprint density at radius 3 is 1.75 bits per heavy atom.